The minimum Gasteiger partial charge on any atom is -0.504 e. The molecule has 0 aromatic heterocycles. The highest BCUT2D eigenvalue weighted by atomic mass is 18.2. The highest BCUT2D eigenvalue weighted by Gasteiger charge is 2.14. The maximum absolute atomic E-state index is 13.2. The van der Waals surface area contributed by atoms with E-state index < -0.39 is 23.4 Å². The van der Waals surface area contributed by atoms with Gasteiger partial charge in [0.1, 0.15) is 11.6 Å². The molecule has 1 aromatic carbocycles. The number of carbonyl (C=O) groups excluding carboxylic acids is 1. The van der Waals surface area contributed by atoms with Gasteiger partial charge in [-0.15, -0.1) is 0 Å². The topological polar surface area (TPSA) is 83.6 Å². The molecule has 1 rings (SSSR count). The van der Waals surface area contributed by atoms with Crippen molar-refractivity contribution in [2.75, 3.05) is 0 Å². The molecule has 0 fully saturated rings. The minimum absolute atomic E-state index is 0.00495. The molecule has 4 N–H and O–H groups in total. The maximum atomic E-state index is 13.2. The summed E-state index contributed by atoms with van der Waals surface area (Å²) in [6.45, 7) is 1.31. The van der Waals surface area contributed by atoms with Crippen molar-refractivity contribution in [3.05, 3.63) is 23.5 Å². The molecule has 0 radical (unpaired) electrons. The molecule has 0 amide bonds. The monoisotopic (exact) mass is 212 g/mol. The largest absolute Gasteiger partial charge is 0.504 e. The van der Waals surface area contributed by atoms with Crippen LogP contribution >= 0.6 is 0 Å². The predicted octanol–water partition coefficient (Wildman–Crippen LogP) is 0.696. The minimum atomic E-state index is -0.802. The summed E-state index contributed by atoms with van der Waals surface area (Å²) in [5.41, 5.74) is 5.55. The number of nitrogens with two attached hydrogens (primary N) is 1. The Morgan fingerprint density at radius 3 is 2.53 bits per heavy atom. The van der Waals surface area contributed by atoms with E-state index in [-0.39, 0.29) is 17.8 Å². The fraction of sp³-hybridized carbons (Fsp3) is 0.300. The summed E-state index contributed by atoms with van der Waals surface area (Å²) >= 11 is 0. The first-order valence-corrected chi connectivity index (χ1v) is 4.38. The van der Waals surface area contributed by atoms with Crippen molar-refractivity contribution in [2.24, 2.45) is 5.73 Å². The molecule has 0 saturated heterocycles. The lowest BCUT2D eigenvalue weighted by molar-refractivity contribution is -0.118. The molecular formula is C10H12FNO3. The van der Waals surface area contributed by atoms with E-state index in [2.05, 4.69) is 0 Å². The van der Waals surface area contributed by atoms with Crippen LogP contribution in [0.1, 0.15) is 12.5 Å². The number of Topliss-reactive ketones (excluding diaryl/α,β-unsaturated/α-hetero) is 1. The highest BCUT2D eigenvalue weighted by molar-refractivity contribution is 5.81. The van der Waals surface area contributed by atoms with E-state index in [1.807, 2.05) is 0 Å². The SMILES string of the molecule is CC(=O)[C@@H](N)Cc1cc(O)c(O)cc1[18F]. The Morgan fingerprint density at radius 1 is 1.47 bits per heavy atom. The van der Waals surface area contributed by atoms with E-state index >= 15 is 0 Å². The van der Waals surface area contributed by atoms with Crippen LogP contribution in [0.15, 0.2) is 12.1 Å². The van der Waals surface area contributed by atoms with E-state index in [1.165, 1.54) is 6.92 Å². The van der Waals surface area contributed by atoms with Crippen LogP contribution in [0.5, 0.6) is 11.5 Å². The zero-order chi connectivity index (χ0) is 11.6. The molecule has 15 heavy (non-hydrogen) atoms. The molecule has 0 unspecified atom stereocenters. The molecule has 0 heterocycles. The molecule has 1 atom stereocenters. The number of hydrogen-bond acceptors (Lipinski definition) is 4. The fourth-order valence-corrected chi connectivity index (χ4v) is 1.13. The third kappa shape index (κ3) is 2.66. The van der Waals surface area contributed by atoms with Gasteiger partial charge in [-0.05, 0) is 25.0 Å². The number of benzene rings is 1. The number of halogens is 1. The van der Waals surface area contributed by atoms with Crippen LogP contribution < -0.4 is 5.73 Å². The molecule has 0 saturated carbocycles. The number of carbonyl (C=O) groups is 1. The Kier molecular flexibility index (Phi) is 3.26. The molecule has 4 nitrogen and oxygen atoms in total. The van der Waals surface area contributed by atoms with Crippen molar-refractivity contribution < 1.29 is 19.4 Å². The van der Waals surface area contributed by atoms with Gasteiger partial charge in [0.15, 0.2) is 11.5 Å². The van der Waals surface area contributed by atoms with Gasteiger partial charge in [-0.1, -0.05) is 0 Å². The normalized spacial score (nSPS) is 12.5. The zero-order valence-corrected chi connectivity index (χ0v) is 8.20. The van der Waals surface area contributed by atoms with Gasteiger partial charge in [-0.3, -0.25) is 4.79 Å². The van der Waals surface area contributed by atoms with Gasteiger partial charge in [-0.2, -0.15) is 0 Å². The van der Waals surface area contributed by atoms with Gasteiger partial charge in [0.25, 0.3) is 0 Å². The van der Waals surface area contributed by atoms with Gasteiger partial charge in [-0.25, -0.2) is 4.39 Å². The number of rotatable bonds is 3. The molecular weight excluding hydrogens is 200 g/mol. The van der Waals surface area contributed by atoms with Crippen molar-refractivity contribution >= 4 is 5.78 Å². The third-order valence-electron chi connectivity index (χ3n) is 2.11. The molecule has 82 valence electrons. The summed E-state index contributed by atoms with van der Waals surface area (Å²) in [6.07, 6.45) is -0.00495. The molecule has 0 spiro atoms. The standard InChI is InChI=1S/C10H12FNO3/c1-5(13)8(12)2-6-3-9(14)10(15)4-7(6)11/h3-4,8,14-15H,2,12H2,1H3/t8-/m0/s1/i11-1. The van der Waals surface area contributed by atoms with Crippen molar-refractivity contribution in [1.29, 1.82) is 0 Å². The molecule has 0 bridgehead atoms. The van der Waals surface area contributed by atoms with Crippen LogP contribution in [0.4, 0.5) is 4.39 Å². The van der Waals surface area contributed by atoms with Gasteiger partial charge >= 0.3 is 0 Å². The van der Waals surface area contributed by atoms with Gasteiger partial charge < -0.3 is 15.9 Å². The van der Waals surface area contributed by atoms with Crippen LogP contribution in [0, 0.1) is 5.82 Å². The zero-order valence-electron chi connectivity index (χ0n) is 8.20. The van der Waals surface area contributed by atoms with Crippen molar-refractivity contribution in [1.82, 2.24) is 0 Å². The lowest BCUT2D eigenvalue weighted by atomic mass is 10.0. The Hall–Kier alpha value is -1.62. The average molecular weight is 212 g/mol. The highest BCUT2D eigenvalue weighted by Crippen LogP contribution is 2.27. The number of phenolic OH excluding ortho intramolecular Hbond substituents is 2. The van der Waals surface area contributed by atoms with E-state index in [1.54, 1.807) is 0 Å². The number of aromatic hydroxyl groups is 2. The fourth-order valence-electron chi connectivity index (χ4n) is 1.13. The lowest BCUT2D eigenvalue weighted by Crippen LogP contribution is -2.30. The van der Waals surface area contributed by atoms with Crippen molar-refractivity contribution in [3.63, 3.8) is 0 Å². The molecule has 0 aliphatic carbocycles. The predicted molar refractivity (Wildman–Crippen MR) is 52.1 cm³/mol. The second kappa shape index (κ2) is 4.27. The quantitative estimate of drug-likeness (QED) is 0.644. The first kappa shape index (κ1) is 11.5. The van der Waals surface area contributed by atoms with Crippen LogP contribution in [0.3, 0.4) is 0 Å². The van der Waals surface area contributed by atoms with E-state index in [0.717, 1.165) is 12.1 Å². The molecule has 1 aromatic rings. The Balaban J connectivity index is 2.95. The summed E-state index contributed by atoms with van der Waals surface area (Å²) in [4.78, 5) is 10.9. The van der Waals surface area contributed by atoms with Crippen LogP contribution in [0.2, 0.25) is 0 Å². The summed E-state index contributed by atoms with van der Waals surface area (Å²) in [7, 11) is 0. The number of hydrogen-bond donors (Lipinski definition) is 3. The maximum Gasteiger partial charge on any atom is 0.160 e. The van der Waals surface area contributed by atoms with E-state index in [4.69, 9.17) is 15.9 Å². The molecule has 5 heteroatoms. The Morgan fingerprint density at radius 2 is 2.00 bits per heavy atom. The second-order valence-electron chi connectivity index (χ2n) is 3.35. The molecule has 0 aliphatic rings. The van der Waals surface area contributed by atoms with Gasteiger partial charge in [0.2, 0.25) is 0 Å². The summed E-state index contributed by atoms with van der Waals surface area (Å²) in [6, 6.07) is 1.05. The third-order valence-corrected chi connectivity index (χ3v) is 2.11. The summed E-state index contributed by atoms with van der Waals surface area (Å²) < 4.78 is 13.2. The average Bonchev–Trinajstić information content (AvgIpc) is 2.13. The summed E-state index contributed by atoms with van der Waals surface area (Å²) in [5, 5.41) is 18.1. The van der Waals surface area contributed by atoms with E-state index in [0.29, 0.717) is 0 Å². The second-order valence-corrected chi connectivity index (χ2v) is 3.35. The first-order chi connectivity index (χ1) is 6.91. The van der Waals surface area contributed by atoms with E-state index in [9.17, 15) is 9.18 Å². The van der Waals surface area contributed by atoms with Crippen LogP contribution in [-0.2, 0) is 11.2 Å². The Bertz CT molecular complexity index is 392. The van der Waals surface area contributed by atoms with Crippen molar-refractivity contribution in [3.8, 4) is 11.5 Å². The molecule has 0 aliphatic heterocycles. The first-order valence-electron chi connectivity index (χ1n) is 4.38. The smallest absolute Gasteiger partial charge is 0.160 e. The lowest BCUT2D eigenvalue weighted by Gasteiger charge is -2.09. The van der Waals surface area contributed by atoms with Crippen LogP contribution in [-0.4, -0.2) is 22.0 Å². The number of phenols is 2. The van der Waals surface area contributed by atoms with Crippen LogP contribution in [0.25, 0.3) is 0 Å². The van der Waals surface area contributed by atoms with Crippen molar-refractivity contribution in [2.45, 2.75) is 19.4 Å². The summed E-state index contributed by atoms with van der Waals surface area (Å²) in [5.74, 6) is -1.92. The van der Waals surface area contributed by atoms with Gasteiger partial charge in [0.05, 0.1) is 6.04 Å². The van der Waals surface area contributed by atoms with Gasteiger partial charge in [0, 0.05) is 6.07 Å². The number of ketones is 1. The Labute approximate surface area is 86.1 Å².